The van der Waals surface area contributed by atoms with Gasteiger partial charge in [-0.3, -0.25) is 0 Å². The maximum atomic E-state index is 6.00. The summed E-state index contributed by atoms with van der Waals surface area (Å²) in [6, 6.07) is 0. The topological polar surface area (TPSA) is 35.2 Å². The third kappa shape index (κ3) is 0.581. The molecule has 0 aromatic rings. The minimum absolute atomic E-state index is 0.0463. The summed E-state index contributed by atoms with van der Waals surface area (Å²) in [6.07, 6.45) is 3.94. The fraction of sp³-hybridized carbons (Fsp3) is 1.00. The van der Waals surface area contributed by atoms with Gasteiger partial charge in [-0.2, -0.15) is 0 Å². The number of ether oxygens (including phenoxy) is 1. The lowest BCUT2D eigenvalue weighted by Gasteiger charge is -2.40. The average Bonchev–Trinajstić information content (AvgIpc) is 2.58. The molecule has 1 heterocycles. The summed E-state index contributed by atoms with van der Waals surface area (Å²) in [6.45, 7) is 6.48. The van der Waals surface area contributed by atoms with Gasteiger partial charge in [-0.25, -0.2) is 0 Å². The van der Waals surface area contributed by atoms with E-state index in [0.29, 0.717) is 10.8 Å². The van der Waals surface area contributed by atoms with Gasteiger partial charge in [0.15, 0.2) is 0 Å². The Hall–Kier alpha value is -0.0800. The van der Waals surface area contributed by atoms with E-state index in [-0.39, 0.29) is 5.60 Å². The van der Waals surface area contributed by atoms with E-state index >= 15 is 0 Å². The molecule has 0 amide bonds. The van der Waals surface area contributed by atoms with Crippen LogP contribution in [0.1, 0.15) is 33.1 Å². The molecule has 0 aromatic carbocycles. The van der Waals surface area contributed by atoms with Gasteiger partial charge in [-0.15, -0.1) is 0 Å². The Bertz CT molecular complexity index is 267. The summed E-state index contributed by atoms with van der Waals surface area (Å²) in [5.74, 6) is 0.884. The lowest BCUT2D eigenvalue weighted by Crippen LogP contribution is -2.49. The van der Waals surface area contributed by atoms with Gasteiger partial charge in [-0.1, -0.05) is 13.8 Å². The van der Waals surface area contributed by atoms with E-state index in [1.807, 2.05) is 0 Å². The second-order valence-electron chi connectivity index (χ2n) is 5.68. The van der Waals surface area contributed by atoms with Gasteiger partial charge in [-0.05, 0) is 25.2 Å². The van der Waals surface area contributed by atoms with Crippen molar-refractivity contribution in [2.45, 2.75) is 38.7 Å². The van der Waals surface area contributed by atoms with Crippen LogP contribution in [0.15, 0.2) is 0 Å². The lowest BCUT2D eigenvalue weighted by atomic mass is 9.66. The third-order valence-corrected chi connectivity index (χ3v) is 5.71. The average molecular weight is 181 g/mol. The maximum absolute atomic E-state index is 6.00. The SMILES string of the molecule is CC12COC3(CN)CC1CCC32C. The normalized spacial score (nSPS) is 63.5. The summed E-state index contributed by atoms with van der Waals surface area (Å²) in [7, 11) is 0. The Labute approximate surface area is 79.8 Å². The van der Waals surface area contributed by atoms with Crippen molar-refractivity contribution in [3.8, 4) is 0 Å². The van der Waals surface area contributed by atoms with Crippen molar-refractivity contribution in [2.24, 2.45) is 22.5 Å². The van der Waals surface area contributed by atoms with E-state index in [4.69, 9.17) is 10.5 Å². The molecule has 2 heteroatoms. The molecule has 0 radical (unpaired) electrons. The first-order valence-electron chi connectivity index (χ1n) is 5.42. The van der Waals surface area contributed by atoms with Gasteiger partial charge in [0, 0.05) is 17.4 Å². The largest absolute Gasteiger partial charge is 0.372 e. The highest BCUT2D eigenvalue weighted by Gasteiger charge is 2.75. The molecule has 0 spiro atoms. The van der Waals surface area contributed by atoms with Gasteiger partial charge in [0.1, 0.15) is 0 Å². The summed E-state index contributed by atoms with van der Waals surface area (Å²) < 4.78 is 6.00. The van der Waals surface area contributed by atoms with Crippen molar-refractivity contribution in [3.63, 3.8) is 0 Å². The Morgan fingerprint density at radius 2 is 2.23 bits per heavy atom. The quantitative estimate of drug-likeness (QED) is 0.666. The molecular weight excluding hydrogens is 162 g/mol. The molecule has 3 fully saturated rings. The van der Waals surface area contributed by atoms with Crippen LogP contribution in [0.4, 0.5) is 0 Å². The van der Waals surface area contributed by atoms with Crippen molar-refractivity contribution in [2.75, 3.05) is 13.2 Å². The van der Waals surface area contributed by atoms with Crippen molar-refractivity contribution < 1.29 is 4.74 Å². The van der Waals surface area contributed by atoms with E-state index in [1.165, 1.54) is 19.3 Å². The zero-order valence-electron chi connectivity index (χ0n) is 8.60. The van der Waals surface area contributed by atoms with Gasteiger partial charge in [0.2, 0.25) is 0 Å². The Balaban J connectivity index is 2.14. The van der Waals surface area contributed by atoms with Crippen molar-refractivity contribution in [3.05, 3.63) is 0 Å². The van der Waals surface area contributed by atoms with Gasteiger partial charge < -0.3 is 10.5 Å². The molecule has 4 atom stereocenters. The molecule has 4 unspecified atom stereocenters. The van der Waals surface area contributed by atoms with Crippen LogP contribution in [0.25, 0.3) is 0 Å². The number of nitrogens with two attached hydrogens (primary N) is 1. The molecule has 2 saturated carbocycles. The molecule has 1 aliphatic heterocycles. The highest BCUT2D eigenvalue weighted by atomic mass is 16.5. The van der Waals surface area contributed by atoms with Crippen molar-refractivity contribution >= 4 is 0 Å². The second-order valence-corrected chi connectivity index (χ2v) is 5.68. The zero-order valence-corrected chi connectivity index (χ0v) is 8.60. The molecule has 74 valence electrons. The predicted octanol–water partition coefficient (Wildman–Crippen LogP) is 1.54. The van der Waals surface area contributed by atoms with Crippen LogP contribution in [0.3, 0.4) is 0 Å². The van der Waals surface area contributed by atoms with Crippen LogP contribution in [0.2, 0.25) is 0 Å². The summed E-state index contributed by atoms with van der Waals surface area (Å²) in [5.41, 5.74) is 6.77. The molecule has 3 rings (SSSR count). The minimum atomic E-state index is 0.0463. The number of rotatable bonds is 1. The third-order valence-electron chi connectivity index (χ3n) is 5.71. The standard InChI is InChI=1S/C11H19NO/c1-9-7-13-11(6-12)5-8(9)3-4-10(9,11)2/h8H,3-7,12H2,1-2H3. The zero-order chi connectivity index (χ0) is 9.32. The molecule has 2 N–H and O–H groups in total. The fourth-order valence-corrected chi connectivity index (χ4v) is 4.37. The van der Waals surface area contributed by atoms with Gasteiger partial charge >= 0.3 is 0 Å². The number of hydrogen-bond acceptors (Lipinski definition) is 2. The maximum Gasteiger partial charge on any atom is 0.0866 e. The first kappa shape index (κ1) is 8.25. The Morgan fingerprint density at radius 1 is 1.46 bits per heavy atom. The first-order chi connectivity index (χ1) is 6.08. The van der Waals surface area contributed by atoms with Gasteiger partial charge in [0.25, 0.3) is 0 Å². The highest BCUT2D eigenvalue weighted by molar-refractivity contribution is 5.24. The molecule has 1 saturated heterocycles. The van der Waals surface area contributed by atoms with E-state index in [1.54, 1.807) is 0 Å². The van der Waals surface area contributed by atoms with Crippen LogP contribution < -0.4 is 5.73 Å². The molecule has 4 bridgehead atoms. The molecule has 3 aliphatic rings. The highest BCUT2D eigenvalue weighted by Crippen LogP contribution is 2.74. The van der Waals surface area contributed by atoms with Crippen LogP contribution in [-0.4, -0.2) is 18.8 Å². The van der Waals surface area contributed by atoms with Crippen molar-refractivity contribution in [1.82, 2.24) is 0 Å². The van der Waals surface area contributed by atoms with Crippen LogP contribution in [-0.2, 0) is 4.74 Å². The summed E-state index contributed by atoms with van der Waals surface area (Å²) in [5, 5.41) is 0. The van der Waals surface area contributed by atoms with Crippen molar-refractivity contribution in [1.29, 1.82) is 0 Å². The molecular formula is C11H19NO. The molecule has 13 heavy (non-hydrogen) atoms. The van der Waals surface area contributed by atoms with Crippen LogP contribution >= 0.6 is 0 Å². The smallest absolute Gasteiger partial charge is 0.0866 e. The van der Waals surface area contributed by atoms with Crippen LogP contribution in [0, 0.1) is 16.7 Å². The second kappa shape index (κ2) is 1.96. The van der Waals surface area contributed by atoms with E-state index in [9.17, 15) is 0 Å². The molecule has 2 nitrogen and oxygen atoms in total. The molecule has 0 aromatic heterocycles. The Kier molecular flexibility index (Phi) is 1.24. The monoisotopic (exact) mass is 181 g/mol. The van der Waals surface area contributed by atoms with E-state index in [2.05, 4.69) is 13.8 Å². The van der Waals surface area contributed by atoms with E-state index < -0.39 is 0 Å². The fourth-order valence-electron chi connectivity index (χ4n) is 4.37. The predicted molar refractivity (Wildman–Crippen MR) is 51.3 cm³/mol. The molecule has 2 aliphatic carbocycles. The van der Waals surface area contributed by atoms with Gasteiger partial charge in [0.05, 0.1) is 12.2 Å². The summed E-state index contributed by atoms with van der Waals surface area (Å²) >= 11 is 0. The van der Waals surface area contributed by atoms with E-state index in [0.717, 1.165) is 19.1 Å². The summed E-state index contributed by atoms with van der Waals surface area (Å²) in [4.78, 5) is 0. The Morgan fingerprint density at radius 3 is 2.69 bits per heavy atom. The number of hydrogen-bond donors (Lipinski definition) is 1. The first-order valence-corrected chi connectivity index (χ1v) is 5.42. The lowest BCUT2D eigenvalue weighted by molar-refractivity contribution is -0.0762. The van der Waals surface area contributed by atoms with Crippen LogP contribution in [0.5, 0.6) is 0 Å². The minimum Gasteiger partial charge on any atom is -0.372 e.